The van der Waals surface area contributed by atoms with E-state index in [-0.39, 0.29) is 6.99 Å². The van der Waals surface area contributed by atoms with Crippen LogP contribution in [-0.2, 0) is 0 Å². The smallest absolute Gasteiger partial charge is 0.284 e. The molecule has 0 bridgehead atoms. The maximum atomic E-state index is 12.0. The molecule has 0 aliphatic heterocycles. The summed E-state index contributed by atoms with van der Waals surface area (Å²) in [6.07, 6.45) is 5.93. The molecule has 0 atom stereocenters. The van der Waals surface area contributed by atoms with Crippen molar-refractivity contribution in [3.05, 3.63) is 59.6 Å². The second-order valence-electron chi connectivity index (χ2n) is 3.07. The van der Waals surface area contributed by atoms with Crippen LogP contribution in [0.1, 0.15) is 11.8 Å². The van der Waals surface area contributed by atoms with Gasteiger partial charge >= 0.3 is 0 Å². The molecule has 5 heteroatoms. The predicted molar refractivity (Wildman–Crippen MR) is 68.7 cm³/mol. The molecule has 1 aromatic rings. The Bertz CT molecular complexity index is 546. The van der Waals surface area contributed by atoms with Gasteiger partial charge in [-0.05, 0) is 18.2 Å². The molecule has 0 radical (unpaired) electrons. The molecule has 0 saturated heterocycles. The van der Waals surface area contributed by atoms with Crippen molar-refractivity contribution >= 4 is 11.6 Å². The van der Waals surface area contributed by atoms with E-state index in [1.165, 1.54) is 31.5 Å². The van der Waals surface area contributed by atoms with Gasteiger partial charge in [0.15, 0.2) is 0 Å². The lowest BCUT2D eigenvalue weighted by Crippen LogP contribution is -2.31. The molecule has 0 fully saturated rings. The van der Waals surface area contributed by atoms with Gasteiger partial charge in [-0.1, -0.05) is 19.2 Å². The number of carbonyl (C=O) groups is 1. The van der Waals surface area contributed by atoms with Gasteiger partial charge < -0.3 is 5.32 Å². The van der Waals surface area contributed by atoms with Gasteiger partial charge in [0.2, 0.25) is 0 Å². The molecule has 1 amide bonds. The van der Waals surface area contributed by atoms with Crippen molar-refractivity contribution in [2.24, 2.45) is 0 Å². The van der Waals surface area contributed by atoms with Crippen molar-refractivity contribution in [3.8, 4) is 0 Å². The lowest BCUT2D eigenvalue weighted by atomic mass is 10.3. The fraction of sp³-hybridized carbons (Fsp3) is 0.0833. The van der Waals surface area contributed by atoms with Gasteiger partial charge in [-0.3, -0.25) is 9.59 Å². The first kappa shape index (κ1) is 12.6. The lowest BCUT2D eigenvalue weighted by Gasteiger charge is -2.06. The number of allylic oxidation sites excluding steroid dienone is 4. The molecule has 5 nitrogen and oxygen atoms in total. The van der Waals surface area contributed by atoms with E-state index >= 15 is 0 Å². The molecule has 0 aromatic carbocycles. The minimum atomic E-state index is -0.500. The van der Waals surface area contributed by atoms with Crippen LogP contribution in [0.2, 0.25) is 0 Å². The summed E-state index contributed by atoms with van der Waals surface area (Å²) in [6.45, 7) is 7.11. The number of aromatic nitrogens is 2. The first-order valence-corrected chi connectivity index (χ1v) is 4.91. The van der Waals surface area contributed by atoms with Crippen LogP contribution in [-0.4, -0.2) is 22.7 Å². The van der Waals surface area contributed by atoms with Gasteiger partial charge in [-0.15, -0.1) is 0 Å². The normalized spacial score (nSPS) is 10.8. The number of nitrogens with zero attached hydrogens (tertiary/aromatic N) is 2. The Labute approximate surface area is 100 Å². The average molecular weight is 233 g/mol. The highest BCUT2D eigenvalue weighted by molar-refractivity contribution is 5.93. The highest BCUT2D eigenvalue weighted by Crippen LogP contribution is 2.01. The summed E-state index contributed by atoms with van der Waals surface area (Å²) in [6, 6.07) is 1.37. The molecule has 90 valence electrons. The van der Waals surface area contributed by atoms with E-state index in [0.717, 1.165) is 4.68 Å². The molecule has 1 N–H and O–H groups in total. The SMILES string of the molecule is C=C/C=C(\C=C)n1nccc(C(=O)NC)c1=O.[HH]. The van der Waals surface area contributed by atoms with Crippen molar-refractivity contribution in [1.29, 1.82) is 0 Å². The number of nitrogens with one attached hydrogen (secondary N) is 1. The number of hydrogen-bond donors (Lipinski definition) is 1. The molecule has 1 rings (SSSR count). The van der Waals surface area contributed by atoms with Gasteiger partial charge in [-0.2, -0.15) is 9.78 Å². The molecule has 0 aliphatic carbocycles. The summed E-state index contributed by atoms with van der Waals surface area (Å²) in [5, 5.41) is 6.28. The zero-order valence-electron chi connectivity index (χ0n) is 9.51. The third kappa shape index (κ3) is 2.57. The van der Waals surface area contributed by atoms with E-state index in [1.807, 2.05) is 0 Å². The Morgan fingerprint density at radius 3 is 2.82 bits per heavy atom. The van der Waals surface area contributed by atoms with E-state index in [0.29, 0.717) is 5.70 Å². The number of carbonyl (C=O) groups excluding carboxylic acids is 1. The Kier molecular flexibility index (Phi) is 4.16. The first-order chi connectivity index (χ1) is 8.15. The molecular weight excluding hydrogens is 218 g/mol. The molecule has 0 aliphatic rings. The molecule has 0 saturated carbocycles. The minimum Gasteiger partial charge on any atom is -0.355 e. The molecule has 0 spiro atoms. The zero-order chi connectivity index (χ0) is 12.8. The van der Waals surface area contributed by atoms with Crippen molar-refractivity contribution in [2.75, 3.05) is 7.05 Å². The van der Waals surface area contributed by atoms with E-state index in [2.05, 4.69) is 23.6 Å². The maximum absolute atomic E-state index is 12.0. The van der Waals surface area contributed by atoms with E-state index in [1.54, 1.807) is 6.08 Å². The van der Waals surface area contributed by atoms with Gasteiger partial charge in [-0.25, -0.2) is 0 Å². The molecule has 1 heterocycles. The highest BCUT2D eigenvalue weighted by atomic mass is 16.2. The fourth-order valence-corrected chi connectivity index (χ4v) is 1.25. The number of amides is 1. The number of hydrogen-bond acceptors (Lipinski definition) is 3. The van der Waals surface area contributed by atoms with Crippen LogP contribution in [0.15, 0.2) is 48.4 Å². The third-order valence-electron chi connectivity index (χ3n) is 2.06. The van der Waals surface area contributed by atoms with Crippen LogP contribution in [0, 0.1) is 0 Å². The van der Waals surface area contributed by atoms with Crippen LogP contribution >= 0.6 is 0 Å². The summed E-state index contributed by atoms with van der Waals surface area (Å²) in [5.41, 5.74) is -0.0186. The molecule has 1 aromatic heterocycles. The zero-order valence-corrected chi connectivity index (χ0v) is 9.51. The number of rotatable bonds is 4. The highest BCUT2D eigenvalue weighted by Gasteiger charge is 2.11. The minimum absolute atomic E-state index is 0. The second kappa shape index (κ2) is 5.60. The predicted octanol–water partition coefficient (Wildman–Crippen LogP) is 1.06. The Hall–Kier alpha value is -2.43. The standard InChI is InChI=1S/C12H13N3O2.H2/c1-4-6-9(5-2)15-12(17)10(7-8-14-15)11(16)13-3;/h4-8H,1-2H2,3H3,(H,13,16);1H/b9-6+;. The van der Waals surface area contributed by atoms with Crippen molar-refractivity contribution in [2.45, 2.75) is 0 Å². The van der Waals surface area contributed by atoms with Crippen LogP contribution < -0.4 is 10.9 Å². The quantitative estimate of drug-likeness (QED) is 0.791. The van der Waals surface area contributed by atoms with E-state index in [9.17, 15) is 9.59 Å². The maximum Gasteiger partial charge on any atom is 0.284 e. The summed E-state index contributed by atoms with van der Waals surface area (Å²) in [4.78, 5) is 23.4. The van der Waals surface area contributed by atoms with Crippen molar-refractivity contribution < 1.29 is 6.22 Å². The lowest BCUT2D eigenvalue weighted by molar-refractivity contribution is 0.0961. The van der Waals surface area contributed by atoms with Crippen LogP contribution in [0.5, 0.6) is 0 Å². The van der Waals surface area contributed by atoms with E-state index < -0.39 is 11.5 Å². The monoisotopic (exact) mass is 233 g/mol. The van der Waals surface area contributed by atoms with Gasteiger partial charge in [0.1, 0.15) is 5.56 Å². The van der Waals surface area contributed by atoms with Crippen LogP contribution in [0.4, 0.5) is 0 Å². The van der Waals surface area contributed by atoms with Gasteiger partial charge in [0.05, 0.1) is 5.70 Å². The Morgan fingerprint density at radius 2 is 2.29 bits per heavy atom. The van der Waals surface area contributed by atoms with Crippen molar-refractivity contribution in [3.63, 3.8) is 0 Å². The summed E-state index contributed by atoms with van der Waals surface area (Å²) in [5.74, 6) is -0.451. The second-order valence-corrected chi connectivity index (χ2v) is 3.07. The van der Waals surface area contributed by atoms with Crippen LogP contribution in [0.25, 0.3) is 5.70 Å². The third-order valence-corrected chi connectivity index (χ3v) is 2.06. The molecular formula is C12H15N3O2. The first-order valence-electron chi connectivity index (χ1n) is 4.91. The average Bonchev–Trinajstić information content (AvgIpc) is 2.36. The van der Waals surface area contributed by atoms with Crippen LogP contribution in [0.3, 0.4) is 0 Å². The Balaban J connectivity index is 0.00000289. The molecule has 0 unspecified atom stereocenters. The molecule has 17 heavy (non-hydrogen) atoms. The largest absolute Gasteiger partial charge is 0.355 e. The van der Waals surface area contributed by atoms with Gasteiger partial charge in [0.25, 0.3) is 11.5 Å². The Morgan fingerprint density at radius 1 is 1.59 bits per heavy atom. The fourth-order valence-electron chi connectivity index (χ4n) is 1.25. The van der Waals surface area contributed by atoms with Gasteiger partial charge in [0, 0.05) is 14.7 Å². The topological polar surface area (TPSA) is 64.0 Å². The summed E-state index contributed by atoms with van der Waals surface area (Å²) >= 11 is 0. The van der Waals surface area contributed by atoms with Crippen molar-refractivity contribution in [1.82, 2.24) is 15.1 Å². The summed E-state index contributed by atoms with van der Waals surface area (Å²) in [7, 11) is 1.46. The van der Waals surface area contributed by atoms with E-state index in [4.69, 9.17) is 0 Å². The summed E-state index contributed by atoms with van der Waals surface area (Å²) < 4.78 is 1.10.